The van der Waals surface area contributed by atoms with Gasteiger partial charge in [-0.3, -0.25) is 0 Å². The normalized spacial score (nSPS) is 19.9. The Morgan fingerprint density at radius 1 is 0.643 bits per heavy atom. The van der Waals surface area contributed by atoms with Crippen LogP contribution >= 0.6 is 0 Å². The van der Waals surface area contributed by atoms with E-state index in [0.717, 1.165) is 23.7 Å². The molecule has 0 amide bonds. The fourth-order valence-electron chi connectivity index (χ4n) is 4.97. The number of hydrogen-bond acceptors (Lipinski definition) is 0. The smallest absolute Gasteiger partial charge is 0.0297 e. The minimum Gasteiger partial charge on any atom is -0.0853 e. The van der Waals surface area contributed by atoms with E-state index in [1.54, 1.807) is 11.1 Å². The molecule has 0 aromatic heterocycles. The van der Waals surface area contributed by atoms with Crippen molar-refractivity contribution < 1.29 is 0 Å². The highest BCUT2D eigenvalue weighted by molar-refractivity contribution is 5.07. The van der Waals surface area contributed by atoms with Gasteiger partial charge in [-0.1, -0.05) is 90.5 Å². The van der Waals surface area contributed by atoms with E-state index in [-0.39, 0.29) is 0 Å². The number of rotatable bonds is 6. The van der Waals surface area contributed by atoms with Crippen LogP contribution in [0.2, 0.25) is 0 Å². The van der Waals surface area contributed by atoms with E-state index in [0.29, 0.717) is 0 Å². The van der Waals surface area contributed by atoms with Crippen LogP contribution < -0.4 is 0 Å². The summed E-state index contributed by atoms with van der Waals surface area (Å²) in [6, 6.07) is 0. The third kappa shape index (κ3) is 13.6. The summed E-state index contributed by atoms with van der Waals surface area (Å²) in [4.78, 5) is 0. The molecule has 0 nitrogen and oxygen atoms in total. The summed E-state index contributed by atoms with van der Waals surface area (Å²) in [6.07, 6.45) is 24.7. The monoisotopic (exact) mass is 388 g/mol. The van der Waals surface area contributed by atoms with E-state index in [9.17, 15) is 0 Å². The molecule has 0 aromatic carbocycles. The summed E-state index contributed by atoms with van der Waals surface area (Å²) in [5.41, 5.74) is 3.41. The second-order valence-electron chi connectivity index (χ2n) is 10.8. The summed E-state index contributed by atoms with van der Waals surface area (Å²) in [5, 5.41) is 0. The second-order valence-corrected chi connectivity index (χ2v) is 10.8. The van der Waals surface area contributed by atoms with Gasteiger partial charge in [0.15, 0.2) is 0 Å². The molecule has 0 atom stereocenters. The highest BCUT2D eigenvalue weighted by Crippen LogP contribution is 2.29. The van der Waals surface area contributed by atoms with E-state index >= 15 is 0 Å². The molecule has 0 unspecified atom stereocenters. The largest absolute Gasteiger partial charge is 0.0853 e. The molecule has 1 fully saturated rings. The molecule has 0 saturated heterocycles. The summed E-state index contributed by atoms with van der Waals surface area (Å²) in [7, 11) is 0. The van der Waals surface area contributed by atoms with Gasteiger partial charge < -0.3 is 0 Å². The first kappa shape index (κ1) is 25.5. The minimum absolute atomic E-state index is 0.851. The van der Waals surface area contributed by atoms with Gasteiger partial charge in [-0.15, -0.1) is 0 Å². The van der Waals surface area contributed by atoms with Gasteiger partial charge >= 0.3 is 0 Å². The van der Waals surface area contributed by atoms with Gasteiger partial charge in [0.25, 0.3) is 0 Å². The van der Waals surface area contributed by atoms with Crippen LogP contribution in [0.4, 0.5) is 0 Å². The molecule has 0 aliphatic heterocycles. The first-order valence-electron chi connectivity index (χ1n) is 12.7. The Morgan fingerprint density at radius 3 is 1.50 bits per heavy atom. The summed E-state index contributed by atoms with van der Waals surface area (Å²) in [5.74, 6) is 3.72. The molecule has 1 saturated carbocycles. The number of allylic oxidation sites excluding steroid dienone is 4. The van der Waals surface area contributed by atoms with Crippen LogP contribution in [-0.4, -0.2) is 0 Å². The third-order valence-electron chi connectivity index (χ3n) is 6.14. The van der Waals surface area contributed by atoms with E-state index in [1.165, 1.54) is 89.9 Å². The molecule has 0 spiro atoms. The predicted molar refractivity (Wildman–Crippen MR) is 129 cm³/mol. The molecule has 0 N–H and O–H groups in total. The standard InChI is InChI=1S/C10H18.C9H18.C9H16/c1-9(2)8-10-6-4-3-5-7-10;2*1-8(2)7-9-5-3-4-6-9/h6,9H,3-5,7-8H2,1-2H3;8-9H,3-7H2,1-2H3;5,8H,3-4,6-7H2,1-2H3. The highest BCUT2D eigenvalue weighted by atomic mass is 14.2. The molecule has 0 radical (unpaired) electrons. The zero-order valence-electron chi connectivity index (χ0n) is 20.4. The van der Waals surface area contributed by atoms with Gasteiger partial charge in [0.05, 0.1) is 0 Å². The lowest BCUT2D eigenvalue weighted by atomic mass is 9.93. The molecule has 0 heterocycles. The molecular weight excluding hydrogens is 336 g/mol. The van der Waals surface area contributed by atoms with Crippen molar-refractivity contribution in [3.63, 3.8) is 0 Å². The van der Waals surface area contributed by atoms with Crippen LogP contribution in [0.3, 0.4) is 0 Å². The SMILES string of the molecule is CC(C)CC1=CCCC1.CC(C)CC1=CCCCC1.CC(C)CC1CCCC1. The summed E-state index contributed by atoms with van der Waals surface area (Å²) >= 11 is 0. The topological polar surface area (TPSA) is 0 Å². The Hall–Kier alpha value is -0.520. The Bertz CT molecular complexity index is 429. The quantitative estimate of drug-likeness (QED) is 0.397. The van der Waals surface area contributed by atoms with Crippen LogP contribution in [0, 0.1) is 23.7 Å². The van der Waals surface area contributed by atoms with E-state index < -0.39 is 0 Å². The van der Waals surface area contributed by atoms with Crippen molar-refractivity contribution in [2.75, 3.05) is 0 Å². The van der Waals surface area contributed by atoms with Crippen molar-refractivity contribution in [2.45, 2.75) is 131 Å². The predicted octanol–water partition coefficient (Wildman–Crippen LogP) is 9.90. The Balaban J connectivity index is 0.000000210. The Labute approximate surface area is 178 Å². The molecule has 3 aliphatic carbocycles. The fourth-order valence-corrected chi connectivity index (χ4v) is 4.97. The third-order valence-corrected chi connectivity index (χ3v) is 6.14. The molecule has 0 bridgehead atoms. The van der Waals surface area contributed by atoms with Gasteiger partial charge in [0.1, 0.15) is 0 Å². The van der Waals surface area contributed by atoms with Crippen LogP contribution in [0.15, 0.2) is 23.3 Å². The van der Waals surface area contributed by atoms with Crippen LogP contribution in [0.1, 0.15) is 131 Å². The Kier molecular flexibility index (Phi) is 14.0. The van der Waals surface area contributed by atoms with Crippen LogP contribution in [0.5, 0.6) is 0 Å². The maximum Gasteiger partial charge on any atom is -0.0297 e. The average molecular weight is 389 g/mol. The summed E-state index contributed by atoms with van der Waals surface area (Å²) < 4.78 is 0. The molecule has 164 valence electrons. The van der Waals surface area contributed by atoms with Crippen molar-refractivity contribution in [3.05, 3.63) is 23.3 Å². The average Bonchev–Trinajstić information content (AvgIpc) is 3.29. The summed E-state index contributed by atoms with van der Waals surface area (Å²) in [6.45, 7) is 13.8. The van der Waals surface area contributed by atoms with Crippen LogP contribution in [-0.2, 0) is 0 Å². The van der Waals surface area contributed by atoms with Crippen molar-refractivity contribution in [1.29, 1.82) is 0 Å². The molecule has 28 heavy (non-hydrogen) atoms. The van der Waals surface area contributed by atoms with E-state index in [2.05, 4.69) is 53.7 Å². The van der Waals surface area contributed by atoms with Gasteiger partial charge in [-0.25, -0.2) is 0 Å². The molecule has 3 rings (SSSR count). The Morgan fingerprint density at radius 2 is 1.14 bits per heavy atom. The number of hydrogen-bond donors (Lipinski definition) is 0. The molecule has 0 heteroatoms. The molecule has 0 aromatic rings. The second kappa shape index (κ2) is 15.3. The zero-order valence-corrected chi connectivity index (χ0v) is 20.4. The maximum absolute atomic E-state index is 2.45. The maximum atomic E-state index is 2.45. The van der Waals surface area contributed by atoms with Crippen molar-refractivity contribution in [3.8, 4) is 0 Å². The lowest BCUT2D eigenvalue weighted by molar-refractivity contribution is 0.419. The van der Waals surface area contributed by atoms with Gasteiger partial charge in [-0.05, 0) is 87.9 Å². The van der Waals surface area contributed by atoms with Gasteiger partial charge in [-0.2, -0.15) is 0 Å². The van der Waals surface area contributed by atoms with Gasteiger partial charge in [0.2, 0.25) is 0 Å². The lowest BCUT2D eigenvalue weighted by Gasteiger charge is -2.13. The van der Waals surface area contributed by atoms with E-state index in [4.69, 9.17) is 0 Å². The highest BCUT2D eigenvalue weighted by Gasteiger charge is 2.15. The van der Waals surface area contributed by atoms with Crippen LogP contribution in [0.25, 0.3) is 0 Å². The van der Waals surface area contributed by atoms with Crippen molar-refractivity contribution in [2.24, 2.45) is 23.7 Å². The first-order chi connectivity index (χ1) is 13.4. The van der Waals surface area contributed by atoms with Crippen molar-refractivity contribution >= 4 is 0 Å². The minimum atomic E-state index is 0.851. The molecule has 3 aliphatic rings. The lowest BCUT2D eigenvalue weighted by Crippen LogP contribution is -1.98. The fraction of sp³-hybridized carbons (Fsp3) is 0.857. The zero-order chi connectivity index (χ0) is 20.8. The van der Waals surface area contributed by atoms with E-state index in [1.807, 2.05) is 0 Å². The first-order valence-corrected chi connectivity index (χ1v) is 12.7. The van der Waals surface area contributed by atoms with Gasteiger partial charge in [0, 0.05) is 0 Å². The molecular formula is C28H52. The van der Waals surface area contributed by atoms with Crippen molar-refractivity contribution in [1.82, 2.24) is 0 Å².